The highest BCUT2D eigenvalue weighted by Gasteiger charge is 2.10. The van der Waals surface area contributed by atoms with Crippen molar-refractivity contribution >= 4 is 17.6 Å². The summed E-state index contributed by atoms with van der Waals surface area (Å²) in [6.45, 7) is 0.820. The van der Waals surface area contributed by atoms with Crippen LogP contribution in [0.25, 0.3) is 5.69 Å². The molecule has 26 heavy (non-hydrogen) atoms. The second kappa shape index (κ2) is 8.12. The average Bonchev–Trinajstić information content (AvgIpc) is 3.09. The van der Waals surface area contributed by atoms with Crippen molar-refractivity contribution in [2.75, 3.05) is 14.1 Å². The van der Waals surface area contributed by atoms with E-state index in [1.54, 1.807) is 29.1 Å². The molecule has 3 rings (SSSR count). The topological polar surface area (TPSA) is 60.2 Å². The van der Waals surface area contributed by atoms with Crippen LogP contribution in [0.3, 0.4) is 0 Å². The Bertz CT molecular complexity index is 891. The van der Waals surface area contributed by atoms with Crippen molar-refractivity contribution < 1.29 is 9.53 Å². The van der Waals surface area contributed by atoms with Crippen molar-refractivity contribution in [1.29, 1.82) is 0 Å². The summed E-state index contributed by atoms with van der Waals surface area (Å²) in [5.74, 6) is -0.383. The number of esters is 1. The van der Waals surface area contributed by atoms with Gasteiger partial charge in [0, 0.05) is 11.6 Å². The number of benzene rings is 2. The van der Waals surface area contributed by atoms with Gasteiger partial charge in [0.25, 0.3) is 0 Å². The van der Waals surface area contributed by atoms with Gasteiger partial charge in [-0.15, -0.1) is 5.10 Å². The van der Waals surface area contributed by atoms with Gasteiger partial charge in [-0.2, -0.15) is 0 Å². The molecule has 0 aliphatic rings. The summed E-state index contributed by atoms with van der Waals surface area (Å²) in [5.41, 5.74) is 2.97. The van der Waals surface area contributed by atoms with E-state index >= 15 is 0 Å². The largest absolute Gasteiger partial charge is 0.455 e. The lowest BCUT2D eigenvalue weighted by Crippen LogP contribution is -2.12. The van der Waals surface area contributed by atoms with Crippen LogP contribution in [-0.2, 0) is 17.9 Å². The maximum Gasteiger partial charge on any atom is 0.338 e. The molecule has 0 aliphatic heterocycles. The summed E-state index contributed by atoms with van der Waals surface area (Å²) in [6, 6.07) is 14.6. The van der Waals surface area contributed by atoms with E-state index in [1.165, 1.54) is 0 Å². The molecule has 7 heteroatoms. The fourth-order valence-electron chi connectivity index (χ4n) is 2.47. The maximum absolute atomic E-state index is 12.3. The second-order valence-electron chi connectivity index (χ2n) is 6.15. The minimum absolute atomic E-state index is 0.0599. The van der Waals surface area contributed by atoms with E-state index in [4.69, 9.17) is 16.3 Å². The van der Waals surface area contributed by atoms with Crippen LogP contribution >= 0.6 is 11.6 Å². The van der Waals surface area contributed by atoms with E-state index in [0.29, 0.717) is 16.3 Å². The van der Waals surface area contributed by atoms with Gasteiger partial charge >= 0.3 is 5.97 Å². The van der Waals surface area contributed by atoms with Crippen LogP contribution in [0.1, 0.15) is 21.6 Å². The molecular weight excluding hydrogens is 352 g/mol. The molecule has 0 aliphatic carbocycles. The van der Waals surface area contributed by atoms with E-state index in [0.717, 1.165) is 17.8 Å². The van der Waals surface area contributed by atoms with Crippen LogP contribution in [0, 0.1) is 0 Å². The first-order valence-corrected chi connectivity index (χ1v) is 8.47. The summed E-state index contributed by atoms with van der Waals surface area (Å²) in [4.78, 5) is 14.3. The Morgan fingerprint density at radius 3 is 2.69 bits per heavy atom. The Hall–Kier alpha value is -2.70. The lowest BCUT2D eigenvalue weighted by atomic mass is 10.1. The van der Waals surface area contributed by atoms with Crippen molar-refractivity contribution in [3.63, 3.8) is 0 Å². The molecule has 1 aromatic heterocycles. The highest BCUT2D eigenvalue weighted by atomic mass is 35.5. The molecule has 0 atom stereocenters. The molecule has 0 bridgehead atoms. The minimum Gasteiger partial charge on any atom is -0.455 e. The van der Waals surface area contributed by atoms with E-state index in [-0.39, 0.29) is 12.6 Å². The first kappa shape index (κ1) is 18.1. The van der Waals surface area contributed by atoms with Crippen molar-refractivity contribution in [1.82, 2.24) is 19.9 Å². The van der Waals surface area contributed by atoms with Crippen molar-refractivity contribution in [2.45, 2.75) is 13.2 Å². The number of hydrogen-bond donors (Lipinski definition) is 0. The second-order valence-corrected chi connectivity index (χ2v) is 6.58. The monoisotopic (exact) mass is 370 g/mol. The Labute approximate surface area is 157 Å². The van der Waals surface area contributed by atoms with Crippen LogP contribution in [0.2, 0.25) is 5.02 Å². The Kier molecular flexibility index (Phi) is 5.65. The third kappa shape index (κ3) is 4.68. The molecule has 3 aromatic rings. The van der Waals surface area contributed by atoms with E-state index in [2.05, 4.69) is 10.3 Å². The summed E-state index contributed by atoms with van der Waals surface area (Å²) in [5, 5.41) is 8.73. The predicted octanol–water partition coefficient (Wildman–Crippen LogP) is 3.34. The highest BCUT2D eigenvalue weighted by Crippen LogP contribution is 2.13. The van der Waals surface area contributed by atoms with Gasteiger partial charge in [0.15, 0.2) is 0 Å². The number of rotatable bonds is 6. The molecule has 0 saturated carbocycles. The van der Waals surface area contributed by atoms with Gasteiger partial charge in [-0.1, -0.05) is 28.9 Å². The third-order valence-electron chi connectivity index (χ3n) is 3.64. The molecule has 0 saturated heterocycles. The van der Waals surface area contributed by atoms with Crippen LogP contribution in [0.5, 0.6) is 0 Å². The first-order valence-electron chi connectivity index (χ1n) is 8.09. The zero-order valence-corrected chi connectivity index (χ0v) is 15.3. The molecular formula is C19H19ClN4O2. The van der Waals surface area contributed by atoms with Crippen LogP contribution in [0.4, 0.5) is 0 Å². The van der Waals surface area contributed by atoms with Gasteiger partial charge in [0.05, 0.1) is 17.4 Å². The Balaban J connectivity index is 1.62. The summed E-state index contributed by atoms with van der Waals surface area (Å²) in [6.07, 6.45) is 1.72. The number of ether oxygens (including phenoxy) is 1. The smallest absolute Gasteiger partial charge is 0.338 e. The number of halogens is 1. The van der Waals surface area contributed by atoms with Crippen molar-refractivity contribution in [3.05, 3.63) is 76.6 Å². The number of carbonyl (C=O) groups is 1. The predicted molar refractivity (Wildman–Crippen MR) is 99.3 cm³/mol. The molecule has 134 valence electrons. The standard InChI is InChI=1S/C19H19ClN4O2/c1-23(2)11-14-4-3-5-15(10-14)19(25)26-13-17-12-24(22-21-17)18-8-6-16(20)7-9-18/h3-10,12H,11,13H2,1-2H3. The van der Waals surface area contributed by atoms with Crippen LogP contribution in [-0.4, -0.2) is 40.0 Å². The maximum atomic E-state index is 12.3. The molecule has 1 heterocycles. The van der Waals surface area contributed by atoms with Gasteiger partial charge in [-0.3, -0.25) is 0 Å². The number of carbonyl (C=O) groups excluding carboxylic acids is 1. The summed E-state index contributed by atoms with van der Waals surface area (Å²) in [7, 11) is 3.96. The molecule has 0 amide bonds. The van der Waals surface area contributed by atoms with Gasteiger partial charge in [-0.05, 0) is 56.1 Å². The van der Waals surface area contributed by atoms with E-state index in [1.807, 2.05) is 49.3 Å². The van der Waals surface area contributed by atoms with Crippen LogP contribution < -0.4 is 0 Å². The molecule has 0 spiro atoms. The lowest BCUT2D eigenvalue weighted by molar-refractivity contribution is 0.0467. The molecule has 0 unspecified atom stereocenters. The summed E-state index contributed by atoms with van der Waals surface area (Å²) < 4.78 is 6.96. The van der Waals surface area contributed by atoms with E-state index in [9.17, 15) is 4.79 Å². The minimum atomic E-state index is -0.383. The van der Waals surface area contributed by atoms with Gasteiger partial charge in [0.1, 0.15) is 12.3 Å². The number of aromatic nitrogens is 3. The van der Waals surface area contributed by atoms with Gasteiger partial charge in [0.2, 0.25) is 0 Å². The van der Waals surface area contributed by atoms with Crippen LogP contribution in [0.15, 0.2) is 54.7 Å². The van der Waals surface area contributed by atoms with Crippen molar-refractivity contribution in [3.8, 4) is 5.69 Å². The quantitative estimate of drug-likeness (QED) is 0.623. The molecule has 6 nitrogen and oxygen atoms in total. The van der Waals surface area contributed by atoms with Gasteiger partial charge < -0.3 is 9.64 Å². The zero-order chi connectivity index (χ0) is 18.5. The lowest BCUT2D eigenvalue weighted by Gasteiger charge is -2.10. The molecule has 0 radical (unpaired) electrons. The number of hydrogen-bond acceptors (Lipinski definition) is 5. The highest BCUT2D eigenvalue weighted by molar-refractivity contribution is 6.30. The SMILES string of the molecule is CN(C)Cc1cccc(C(=O)OCc2cn(-c3ccc(Cl)cc3)nn2)c1. The Morgan fingerprint density at radius 1 is 1.19 bits per heavy atom. The average molecular weight is 371 g/mol. The zero-order valence-electron chi connectivity index (χ0n) is 14.6. The first-order chi connectivity index (χ1) is 12.5. The van der Waals surface area contributed by atoms with Crippen molar-refractivity contribution in [2.24, 2.45) is 0 Å². The fourth-order valence-corrected chi connectivity index (χ4v) is 2.60. The molecule has 2 aromatic carbocycles. The number of nitrogens with zero attached hydrogens (tertiary/aromatic N) is 4. The summed E-state index contributed by atoms with van der Waals surface area (Å²) >= 11 is 5.88. The Morgan fingerprint density at radius 2 is 1.96 bits per heavy atom. The van der Waals surface area contributed by atoms with E-state index < -0.39 is 0 Å². The fraction of sp³-hybridized carbons (Fsp3) is 0.211. The third-order valence-corrected chi connectivity index (χ3v) is 3.90. The van der Waals surface area contributed by atoms with Gasteiger partial charge in [-0.25, -0.2) is 9.48 Å². The normalized spacial score (nSPS) is 10.9. The molecule has 0 fully saturated rings. The molecule has 0 N–H and O–H groups in total.